The summed E-state index contributed by atoms with van der Waals surface area (Å²) < 4.78 is 5.14. The lowest BCUT2D eigenvalue weighted by Crippen LogP contribution is -2.36. The molecule has 3 heterocycles. The van der Waals surface area contributed by atoms with E-state index in [1.165, 1.54) is 0 Å². The van der Waals surface area contributed by atoms with Crippen molar-refractivity contribution < 1.29 is 9.53 Å². The first-order valence-electron chi connectivity index (χ1n) is 7.66. The van der Waals surface area contributed by atoms with Crippen LogP contribution in [0.3, 0.4) is 0 Å². The van der Waals surface area contributed by atoms with Crippen LogP contribution in [-0.4, -0.2) is 40.8 Å². The summed E-state index contributed by atoms with van der Waals surface area (Å²) in [5.41, 5.74) is 1.67. The van der Waals surface area contributed by atoms with Gasteiger partial charge in [0.2, 0.25) is 0 Å². The number of aromatic nitrogens is 3. The summed E-state index contributed by atoms with van der Waals surface area (Å²) in [6.45, 7) is 3.90. The summed E-state index contributed by atoms with van der Waals surface area (Å²) in [6.07, 6.45) is 5.67. The number of ether oxygens (including phenoxy) is 1. The van der Waals surface area contributed by atoms with E-state index in [1.807, 2.05) is 13.0 Å². The van der Waals surface area contributed by atoms with Crippen LogP contribution >= 0.6 is 0 Å². The lowest BCUT2D eigenvalue weighted by Gasteiger charge is -2.33. The predicted molar refractivity (Wildman–Crippen MR) is 83.0 cm³/mol. The minimum atomic E-state index is -0.311. The van der Waals surface area contributed by atoms with Crippen LogP contribution < -0.4 is 4.90 Å². The van der Waals surface area contributed by atoms with Crippen LogP contribution in [0.2, 0.25) is 0 Å². The van der Waals surface area contributed by atoms with Crippen LogP contribution in [0.1, 0.15) is 41.7 Å². The first kappa shape index (κ1) is 14.6. The number of piperidine rings is 1. The normalized spacial score (nSPS) is 18.2. The van der Waals surface area contributed by atoms with Gasteiger partial charge in [-0.1, -0.05) is 0 Å². The van der Waals surface area contributed by atoms with Crippen molar-refractivity contribution in [1.29, 1.82) is 0 Å². The van der Waals surface area contributed by atoms with Crippen molar-refractivity contribution in [2.24, 2.45) is 0 Å². The number of hydrogen-bond donors (Lipinski definition) is 1. The Morgan fingerprint density at radius 3 is 3.14 bits per heavy atom. The van der Waals surface area contributed by atoms with Crippen molar-refractivity contribution in [1.82, 2.24) is 15.2 Å². The van der Waals surface area contributed by atoms with E-state index in [-0.39, 0.29) is 5.97 Å². The van der Waals surface area contributed by atoms with Crippen LogP contribution in [0.4, 0.5) is 5.82 Å². The van der Waals surface area contributed by atoms with Crippen molar-refractivity contribution >= 4 is 11.8 Å². The van der Waals surface area contributed by atoms with E-state index in [2.05, 4.69) is 20.1 Å². The molecule has 1 aliphatic heterocycles. The second-order valence-corrected chi connectivity index (χ2v) is 5.39. The van der Waals surface area contributed by atoms with E-state index in [4.69, 9.17) is 4.74 Å². The lowest BCUT2D eigenvalue weighted by atomic mass is 9.94. The third kappa shape index (κ3) is 2.95. The molecule has 6 heteroatoms. The minimum Gasteiger partial charge on any atom is -0.462 e. The average molecular weight is 300 g/mol. The predicted octanol–water partition coefficient (Wildman–Crippen LogP) is 2.37. The van der Waals surface area contributed by atoms with Gasteiger partial charge in [0.05, 0.1) is 6.61 Å². The molecule has 2 aromatic rings. The van der Waals surface area contributed by atoms with E-state index in [0.717, 1.165) is 31.6 Å². The number of pyridine rings is 1. The van der Waals surface area contributed by atoms with Crippen molar-refractivity contribution in [3.8, 4) is 0 Å². The number of esters is 1. The third-order valence-corrected chi connectivity index (χ3v) is 3.97. The van der Waals surface area contributed by atoms with Gasteiger partial charge in [-0.25, -0.2) is 9.78 Å². The molecule has 1 saturated heterocycles. The topological polar surface area (TPSA) is 71.1 Å². The maximum absolute atomic E-state index is 12.1. The van der Waals surface area contributed by atoms with E-state index in [0.29, 0.717) is 23.9 Å². The van der Waals surface area contributed by atoms with Gasteiger partial charge in [0.1, 0.15) is 11.4 Å². The number of nitrogens with one attached hydrogen (secondary N) is 1. The summed E-state index contributed by atoms with van der Waals surface area (Å²) in [5, 5.41) is 7.08. The Bertz CT molecular complexity index is 627. The Hall–Kier alpha value is -2.37. The maximum atomic E-state index is 12.1. The molecule has 0 amide bonds. The Balaban J connectivity index is 1.83. The molecule has 1 aliphatic rings. The first-order valence-corrected chi connectivity index (χ1v) is 7.66. The van der Waals surface area contributed by atoms with E-state index >= 15 is 0 Å². The number of nitrogens with zero attached hydrogens (tertiary/aromatic N) is 3. The highest BCUT2D eigenvalue weighted by molar-refractivity contribution is 5.94. The summed E-state index contributed by atoms with van der Waals surface area (Å²) in [4.78, 5) is 18.7. The molecule has 0 aromatic carbocycles. The van der Waals surface area contributed by atoms with Gasteiger partial charge in [-0.15, -0.1) is 0 Å². The fourth-order valence-corrected chi connectivity index (χ4v) is 2.93. The molecule has 0 aliphatic carbocycles. The van der Waals surface area contributed by atoms with Crippen molar-refractivity contribution in [3.63, 3.8) is 0 Å². The van der Waals surface area contributed by atoms with Crippen LogP contribution in [0.25, 0.3) is 0 Å². The zero-order valence-electron chi connectivity index (χ0n) is 12.7. The third-order valence-electron chi connectivity index (χ3n) is 3.97. The number of carbonyl (C=O) groups is 1. The smallest absolute Gasteiger partial charge is 0.341 e. The number of rotatable bonds is 4. The molecule has 116 valence electrons. The van der Waals surface area contributed by atoms with E-state index < -0.39 is 0 Å². The van der Waals surface area contributed by atoms with Crippen LogP contribution in [-0.2, 0) is 4.74 Å². The van der Waals surface area contributed by atoms with Crippen molar-refractivity contribution in [3.05, 3.63) is 41.9 Å². The highest BCUT2D eigenvalue weighted by Gasteiger charge is 2.26. The molecule has 0 saturated carbocycles. The van der Waals surface area contributed by atoms with Crippen LogP contribution in [0, 0.1) is 0 Å². The summed E-state index contributed by atoms with van der Waals surface area (Å²) in [7, 11) is 0. The number of H-pyrrole nitrogens is 1. The number of anilines is 1. The van der Waals surface area contributed by atoms with E-state index in [9.17, 15) is 4.79 Å². The van der Waals surface area contributed by atoms with Crippen LogP contribution in [0.15, 0.2) is 30.6 Å². The van der Waals surface area contributed by atoms with Crippen molar-refractivity contribution in [2.75, 3.05) is 24.6 Å². The monoisotopic (exact) mass is 300 g/mol. The highest BCUT2D eigenvalue weighted by atomic mass is 16.5. The molecule has 1 atom stereocenters. The number of hydrogen-bond acceptors (Lipinski definition) is 5. The molecule has 22 heavy (non-hydrogen) atoms. The molecule has 1 N–H and O–H groups in total. The molecule has 0 spiro atoms. The largest absolute Gasteiger partial charge is 0.462 e. The van der Waals surface area contributed by atoms with Gasteiger partial charge in [0.15, 0.2) is 0 Å². The van der Waals surface area contributed by atoms with Crippen LogP contribution in [0.5, 0.6) is 0 Å². The molecular weight excluding hydrogens is 280 g/mol. The zero-order chi connectivity index (χ0) is 15.4. The quantitative estimate of drug-likeness (QED) is 0.878. The summed E-state index contributed by atoms with van der Waals surface area (Å²) >= 11 is 0. The Morgan fingerprint density at radius 2 is 2.36 bits per heavy atom. The minimum absolute atomic E-state index is 0.311. The van der Waals surface area contributed by atoms with Crippen molar-refractivity contribution in [2.45, 2.75) is 25.7 Å². The van der Waals surface area contributed by atoms with E-state index in [1.54, 1.807) is 24.5 Å². The summed E-state index contributed by atoms with van der Waals surface area (Å²) in [6, 6.07) is 5.56. The maximum Gasteiger partial charge on any atom is 0.341 e. The molecule has 2 aromatic heterocycles. The summed E-state index contributed by atoms with van der Waals surface area (Å²) in [5.74, 6) is 0.785. The standard InChI is InChI=1S/C16H20N4O2/c1-2-22-16(21)13-6-3-8-17-15(13)20-10-4-5-12(11-20)14-7-9-18-19-14/h3,6-9,12H,2,4-5,10-11H2,1H3,(H,18,19). The van der Waals surface area contributed by atoms with Gasteiger partial charge in [-0.3, -0.25) is 5.10 Å². The molecule has 1 unspecified atom stereocenters. The molecule has 1 fully saturated rings. The Morgan fingerprint density at radius 1 is 1.45 bits per heavy atom. The Kier molecular flexibility index (Phi) is 4.37. The van der Waals surface area contributed by atoms with Gasteiger partial charge in [-0.05, 0) is 38.0 Å². The second kappa shape index (κ2) is 6.60. The zero-order valence-corrected chi connectivity index (χ0v) is 12.7. The molecule has 3 rings (SSSR count). The van der Waals surface area contributed by atoms with Gasteiger partial charge >= 0.3 is 5.97 Å². The fourth-order valence-electron chi connectivity index (χ4n) is 2.93. The lowest BCUT2D eigenvalue weighted by molar-refractivity contribution is 0.0526. The second-order valence-electron chi connectivity index (χ2n) is 5.39. The SMILES string of the molecule is CCOC(=O)c1cccnc1N1CCCC(c2ccn[nH]2)C1. The Labute approximate surface area is 129 Å². The van der Waals surface area contributed by atoms with Gasteiger partial charge in [0.25, 0.3) is 0 Å². The number of aromatic amines is 1. The molecular formula is C16H20N4O2. The molecule has 0 bridgehead atoms. The molecule has 0 radical (unpaired) electrons. The molecule has 6 nitrogen and oxygen atoms in total. The van der Waals surface area contributed by atoms with Gasteiger partial charge in [0, 0.05) is 37.1 Å². The average Bonchev–Trinajstić information content (AvgIpc) is 3.10. The van der Waals surface area contributed by atoms with Gasteiger partial charge < -0.3 is 9.64 Å². The fraction of sp³-hybridized carbons (Fsp3) is 0.438. The first-order chi connectivity index (χ1) is 10.8. The highest BCUT2D eigenvalue weighted by Crippen LogP contribution is 2.29. The van der Waals surface area contributed by atoms with Gasteiger partial charge in [-0.2, -0.15) is 5.10 Å². The number of carbonyl (C=O) groups excluding carboxylic acids is 1.